The lowest BCUT2D eigenvalue weighted by Crippen LogP contribution is -2.56. The van der Waals surface area contributed by atoms with Crippen LogP contribution in [0, 0.1) is 0 Å². The van der Waals surface area contributed by atoms with Crippen molar-refractivity contribution in [2.24, 2.45) is 0 Å². The summed E-state index contributed by atoms with van der Waals surface area (Å²) >= 11 is 7.15. The van der Waals surface area contributed by atoms with Gasteiger partial charge in [-0.2, -0.15) is 4.72 Å². The minimum absolute atomic E-state index is 0.0393. The smallest absolute Gasteiger partial charge is 0.317 e. The molecule has 0 bridgehead atoms. The van der Waals surface area contributed by atoms with Crippen LogP contribution in [0.3, 0.4) is 0 Å². The molecule has 0 radical (unpaired) electrons. The van der Waals surface area contributed by atoms with Crippen molar-refractivity contribution in [1.82, 2.24) is 29.6 Å². The zero-order valence-electron chi connectivity index (χ0n) is 23.1. The Balaban J connectivity index is 1.27. The molecule has 11 nitrogen and oxygen atoms in total. The molecule has 3 fully saturated rings. The highest BCUT2D eigenvalue weighted by Gasteiger charge is 2.36. The van der Waals surface area contributed by atoms with Crippen molar-refractivity contribution < 1.29 is 22.8 Å². The summed E-state index contributed by atoms with van der Waals surface area (Å²) in [5.74, 6) is -0.480. The van der Waals surface area contributed by atoms with Crippen LogP contribution in [-0.4, -0.2) is 116 Å². The van der Waals surface area contributed by atoms with E-state index in [-0.39, 0.29) is 36.5 Å². The number of amides is 4. The normalized spacial score (nSPS) is 23.0. The van der Waals surface area contributed by atoms with E-state index in [1.807, 2.05) is 23.6 Å². The molecule has 3 saturated heterocycles. The van der Waals surface area contributed by atoms with Crippen molar-refractivity contribution in [2.75, 3.05) is 52.4 Å². The number of thiophene rings is 1. The number of hydrogen-bond donors (Lipinski definition) is 2. The topological polar surface area (TPSA) is 122 Å². The number of nitrogens with zero attached hydrogens (tertiary/aromatic N) is 4. The van der Waals surface area contributed by atoms with Crippen molar-refractivity contribution in [2.45, 2.75) is 57.7 Å². The van der Waals surface area contributed by atoms with Crippen LogP contribution in [0.5, 0.6) is 0 Å². The maximum Gasteiger partial charge on any atom is 0.317 e. The van der Waals surface area contributed by atoms with Crippen LogP contribution in [0.25, 0.3) is 6.08 Å². The zero-order valence-corrected chi connectivity index (χ0v) is 25.4. The van der Waals surface area contributed by atoms with Gasteiger partial charge in [0.05, 0.1) is 10.9 Å². The van der Waals surface area contributed by atoms with Crippen molar-refractivity contribution in [3.8, 4) is 0 Å². The van der Waals surface area contributed by atoms with Crippen molar-refractivity contribution in [3.63, 3.8) is 0 Å². The summed E-state index contributed by atoms with van der Waals surface area (Å²) in [5.41, 5.74) is 0. The number of rotatable bonds is 9. The average Bonchev–Trinajstić information content (AvgIpc) is 3.54. The summed E-state index contributed by atoms with van der Waals surface area (Å²) < 4.78 is 28.2. The largest absolute Gasteiger partial charge is 0.337 e. The summed E-state index contributed by atoms with van der Waals surface area (Å²) in [6, 6.07) is 2.62. The Labute approximate surface area is 245 Å². The van der Waals surface area contributed by atoms with Crippen LogP contribution in [0.2, 0.25) is 4.34 Å². The number of urea groups is 1. The number of hydrogen-bond acceptors (Lipinski definition) is 7. The molecule has 3 aliphatic heterocycles. The van der Waals surface area contributed by atoms with E-state index in [4.69, 9.17) is 11.6 Å². The number of halogens is 1. The van der Waals surface area contributed by atoms with Gasteiger partial charge in [-0.25, -0.2) is 13.2 Å². The maximum atomic E-state index is 13.3. The van der Waals surface area contributed by atoms with E-state index in [9.17, 15) is 22.8 Å². The molecule has 40 heavy (non-hydrogen) atoms. The molecule has 0 aromatic carbocycles. The Morgan fingerprint density at radius 2 is 1.82 bits per heavy atom. The highest BCUT2D eigenvalue weighted by molar-refractivity contribution is 7.92. The Morgan fingerprint density at radius 1 is 1.10 bits per heavy atom. The van der Waals surface area contributed by atoms with Gasteiger partial charge in [-0.3, -0.25) is 14.5 Å². The number of carbonyl (C=O) groups excluding carboxylic acids is 3. The van der Waals surface area contributed by atoms with Gasteiger partial charge in [0.2, 0.25) is 21.8 Å². The molecule has 0 saturated carbocycles. The quantitative estimate of drug-likeness (QED) is 0.439. The van der Waals surface area contributed by atoms with Crippen molar-refractivity contribution in [3.05, 3.63) is 26.8 Å². The third-order valence-corrected chi connectivity index (χ3v) is 9.71. The fourth-order valence-electron chi connectivity index (χ4n) is 5.40. The van der Waals surface area contributed by atoms with Gasteiger partial charge in [0.1, 0.15) is 6.04 Å². The first-order valence-electron chi connectivity index (χ1n) is 13.8. The molecule has 14 heteroatoms. The Morgan fingerprint density at radius 3 is 2.50 bits per heavy atom. The van der Waals surface area contributed by atoms with Crippen LogP contribution in [0.15, 0.2) is 17.5 Å². The second kappa shape index (κ2) is 13.6. The standard InChI is InChI=1S/C26H39ClN6O5S2/c1-19(2)28-26(36)31-14-12-30(13-15-31)17-20-5-3-11-33(20)24(34)18-32-10-4-6-22(25(32)35)29-40(37,38)16-9-21-7-8-23(27)39-21/h7-9,16,19-20,22,29H,3-6,10-15,17-18H2,1-2H3,(H,28,36)/t20-,22-/m0/s1. The second-order valence-electron chi connectivity index (χ2n) is 10.8. The summed E-state index contributed by atoms with van der Waals surface area (Å²) in [5, 5.41) is 3.97. The number of piperidine rings is 1. The number of carbonyl (C=O) groups is 3. The van der Waals surface area contributed by atoms with E-state index in [0.717, 1.165) is 37.9 Å². The molecule has 4 rings (SSSR count). The minimum atomic E-state index is -3.86. The lowest BCUT2D eigenvalue weighted by molar-refractivity contribution is -0.143. The number of likely N-dealkylation sites (tertiary alicyclic amines) is 2. The van der Waals surface area contributed by atoms with Crippen molar-refractivity contribution >= 4 is 56.9 Å². The molecular formula is C26H39ClN6O5S2. The number of piperazine rings is 1. The van der Waals surface area contributed by atoms with Gasteiger partial charge in [-0.05, 0) is 57.7 Å². The molecule has 1 aromatic heterocycles. The monoisotopic (exact) mass is 614 g/mol. The first-order chi connectivity index (χ1) is 19.0. The van der Waals surface area contributed by atoms with Gasteiger partial charge in [0.15, 0.2) is 0 Å². The minimum Gasteiger partial charge on any atom is -0.337 e. The van der Waals surface area contributed by atoms with Gasteiger partial charge in [-0.15, -0.1) is 11.3 Å². The second-order valence-corrected chi connectivity index (χ2v) is 14.2. The Kier molecular flexibility index (Phi) is 10.5. The van der Waals surface area contributed by atoms with E-state index in [1.54, 1.807) is 12.1 Å². The molecule has 3 aliphatic rings. The summed E-state index contributed by atoms with van der Waals surface area (Å²) in [6.07, 6.45) is 4.24. The van der Waals surface area contributed by atoms with Crippen LogP contribution < -0.4 is 10.0 Å². The van der Waals surface area contributed by atoms with E-state index < -0.39 is 16.1 Å². The average molecular weight is 615 g/mol. The predicted molar refractivity (Wildman–Crippen MR) is 156 cm³/mol. The highest BCUT2D eigenvalue weighted by Crippen LogP contribution is 2.23. The predicted octanol–water partition coefficient (Wildman–Crippen LogP) is 2.01. The first kappa shape index (κ1) is 30.8. The Hall–Kier alpha value is -2.19. The Bertz CT molecular complexity index is 1200. The van der Waals surface area contributed by atoms with Gasteiger partial charge in [0.25, 0.3) is 0 Å². The molecule has 1 aromatic rings. The third-order valence-electron chi connectivity index (χ3n) is 7.41. The fourth-order valence-corrected chi connectivity index (χ4v) is 7.47. The number of nitrogens with one attached hydrogen (secondary N) is 2. The van der Waals surface area contributed by atoms with Crippen LogP contribution >= 0.6 is 22.9 Å². The van der Waals surface area contributed by atoms with E-state index in [1.165, 1.54) is 22.3 Å². The SMILES string of the molecule is CC(C)NC(=O)N1CCN(C[C@@H]2CCCN2C(=O)CN2CCC[C@H](NS(=O)(=O)C=Cc3ccc(Cl)s3)C2=O)CC1. The molecule has 0 aliphatic carbocycles. The van der Waals surface area contributed by atoms with E-state index in [0.29, 0.717) is 48.2 Å². The molecule has 4 heterocycles. The lowest BCUT2D eigenvalue weighted by Gasteiger charge is -2.38. The number of sulfonamides is 1. The highest BCUT2D eigenvalue weighted by atomic mass is 35.5. The van der Waals surface area contributed by atoms with Crippen LogP contribution in [-0.2, 0) is 19.6 Å². The van der Waals surface area contributed by atoms with Crippen LogP contribution in [0.4, 0.5) is 4.79 Å². The molecule has 2 N–H and O–H groups in total. The summed E-state index contributed by atoms with van der Waals surface area (Å²) in [7, 11) is -3.86. The summed E-state index contributed by atoms with van der Waals surface area (Å²) in [6.45, 7) is 8.44. The van der Waals surface area contributed by atoms with Gasteiger partial charge in [-0.1, -0.05) is 11.6 Å². The first-order valence-corrected chi connectivity index (χ1v) is 16.6. The summed E-state index contributed by atoms with van der Waals surface area (Å²) in [4.78, 5) is 46.9. The van der Waals surface area contributed by atoms with Gasteiger partial charge >= 0.3 is 6.03 Å². The van der Waals surface area contributed by atoms with Gasteiger partial charge < -0.3 is 20.0 Å². The molecule has 2 atom stereocenters. The molecule has 222 valence electrons. The molecule has 4 amide bonds. The third kappa shape index (κ3) is 8.41. The maximum absolute atomic E-state index is 13.3. The zero-order chi connectivity index (χ0) is 28.9. The fraction of sp³-hybridized carbons (Fsp3) is 0.654. The van der Waals surface area contributed by atoms with E-state index in [2.05, 4.69) is 14.9 Å². The molecule has 0 unspecified atom stereocenters. The molecule has 0 spiro atoms. The van der Waals surface area contributed by atoms with Crippen LogP contribution in [0.1, 0.15) is 44.4 Å². The lowest BCUT2D eigenvalue weighted by atomic mass is 10.1. The van der Waals surface area contributed by atoms with Crippen molar-refractivity contribution in [1.29, 1.82) is 0 Å². The van der Waals surface area contributed by atoms with Gasteiger partial charge in [0, 0.05) is 68.2 Å². The molecular weight excluding hydrogens is 576 g/mol. The van der Waals surface area contributed by atoms with E-state index >= 15 is 0 Å².